The summed E-state index contributed by atoms with van der Waals surface area (Å²) in [5.74, 6) is 0. The molecule has 0 atom stereocenters. The molecule has 0 saturated heterocycles. The predicted molar refractivity (Wildman–Crippen MR) is 91.9 cm³/mol. The van der Waals surface area contributed by atoms with Gasteiger partial charge in [-0.25, -0.2) is 16.8 Å². The molecule has 2 aromatic carbocycles. The molecular weight excluding hydrogens is 334 g/mol. The highest BCUT2D eigenvalue weighted by atomic mass is 32.3. The van der Waals surface area contributed by atoms with Gasteiger partial charge in [-0.05, 0) is 23.3 Å². The number of sulfonamides is 2. The number of hydrogen-bond acceptors (Lipinski definition) is 4. The molecule has 0 aliphatic carbocycles. The molecule has 0 aliphatic heterocycles. The first-order valence-corrected chi connectivity index (χ1v) is 9.70. The van der Waals surface area contributed by atoms with Gasteiger partial charge in [0, 0.05) is 10.8 Å². The quantitative estimate of drug-likeness (QED) is 0.869. The van der Waals surface area contributed by atoms with E-state index in [0.29, 0.717) is 11.1 Å². The lowest BCUT2D eigenvalue weighted by Gasteiger charge is -2.00. The zero-order chi connectivity index (χ0) is 16.8. The van der Waals surface area contributed by atoms with E-state index in [9.17, 15) is 16.8 Å². The van der Waals surface area contributed by atoms with Crippen LogP contribution in [-0.4, -0.2) is 16.8 Å². The van der Waals surface area contributed by atoms with Crippen LogP contribution in [0.2, 0.25) is 0 Å². The number of benzene rings is 2. The van der Waals surface area contributed by atoms with Gasteiger partial charge in [-0.15, -0.1) is 4.13 Å². The van der Waals surface area contributed by atoms with Crippen molar-refractivity contribution in [3.05, 3.63) is 82.6 Å². The lowest BCUT2D eigenvalue weighted by molar-refractivity contribution is 0.587. The van der Waals surface area contributed by atoms with Crippen LogP contribution < -0.4 is 4.13 Å². The lowest BCUT2D eigenvalue weighted by atomic mass is 10.2. The Morgan fingerprint density at radius 1 is 0.609 bits per heavy atom. The molecule has 0 radical (unpaired) electrons. The minimum atomic E-state index is -4.11. The normalized spacial score (nSPS) is 12.9. The standard InChI is InChI=1S/C16H15NO4S2/c18-22(19,13-11-15-7-3-1-4-8-15)17-23(20,21)14-12-16-9-5-2-6-10-16/h1-14,17H/b13-11+,14-12+. The van der Waals surface area contributed by atoms with Gasteiger partial charge in [-0.3, -0.25) is 0 Å². The minimum Gasteiger partial charge on any atom is -0.207 e. The maximum absolute atomic E-state index is 11.8. The van der Waals surface area contributed by atoms with Gasteiger partial charge in [0.2, 0.25) is 20.0 Å². The first kappa shape index (κ1) is 17.1. The fraction of sp³-hybridized carbons (Fsp3) is 0. The average molecular weight is 349 g/mol. The van der Waals surface area contributed by atoms with Gasteiger partial charge in [0.1, 0.15) is 0 Å². The zero-order valence-corrected chi connectivity index (χ0v) is 13.7. The Balaban J connectivity index is 2.10. The SMILES string of the molecule is O=S(=O)(/C=C/c1ccccc1)NS(=O)(=O)/C=C/c1ccccc1. The summed E-state index contributed by atoms with van der Waals surface area (Å²) in [6, 6.07) is 17.4. The Morgan fingerprint density at radius 3 is 1.30 bits per heavy atom. The lowest BCUT2D eigenvalue weighted by Crippen LogP contribution is -2.26. The minimum absolute atomic E-state index is 0.648. The van der Waals surface area contributed by atoms with Crippen LogP contribution in [0, 0.1) is 0 Å². The third kappa shape index (κ3) is 6.19. The monoisotopic (exact) mass is 349 g/mol. The zero-order valence-electron chi connectivity index (χ0n) is 12.0. The van der Waals surface area contributed by atoms with Crippen molar-refractivity contribution in [2.24, 2.45) is 0 Å². The summed E-state index contributed by atoms with van der Waals surface area (Å²) in [6.07, 6.45) is 2.64. The highest BCUT2D eigenvalue weighted by Gasteiger charge is 2.15. The van der Waals surface area contributed by atoms with E-state index >= 15 is 0 Å². The van der Waals surface area contributed by atoms with E-state index in [0.717, 1.165) is 10.8 Å². The Bertz CT molecular complexity index is 824. The van der Waals surface area contributed by atoms with E-state index in [-0.39, 0.29) is 0 Å². The van der Waals surface area contributed by atoms with Crippen molar-refractivity contribution < 1.29 is 16.8 Å². The van der Waals surface area contributed by atoms with E-state index in [1.54, 1.807) is 64.8 Å². The third-order valence-electron chi connectivity index (χ3n) is 2.71. The number of nitrogens with one attached hydrogen (secondary N) is 1. The molecule has 0 saturated carbocycles. The second-order valence-corrected chi connectivity index (χ2v) is 7.99. The Morgan fingerprint density at radius 2 is 0.957 bits per heavy atom. The molecule has 0 heterocycles. The summed E-state index contributed by atoms with van der Waals surface area (Å²) in [5, 5.41) is 1.63. The van der Waals surface area contributed by atoms with Crippen LogP contribution in [0.4, 0.5) is 0 Å². The maximum Gasteiger partial charge on any atom is 0.246 e. The van der Waals surface area contributed by atoms with Gasteiger partial charge in [-0.2, -0.15) is 0 Å². The molecule has 0 bridgehead atoms. The Labute approximate surface area is 136 Å². The van der Waals surface area contributed by atoms with E-state index < -0.39 is 20.0 Å². The number of rotatable bonds is 6. The van der Waals surface area contributed by atoms with Gasteiger partial charge in [-0.1, -0.05) is 60.7 Å². The maximum atomic E-state index is 11.8. The molecule has 2 rings (SSSR count). The molecule has 2 aromatic rings. The summed E-state index contributed by atoms with van der Waals surface area (Å²) >= 11 is 0. The van der Waals surface area contributed by atoms with E-state index in [1.807, 2.05) is 0 Å². The van der Waals surface area contributed by atoms with Crippen molar-refractivity contribution >= 4 is 32.2 Å². The summed E-state index contributed by atoms with van der Waals surface area (Å²) in [5.41, 5.74) is 1.30. The molecule has 23 heavy (non-hydrogen) atoms. The molecule has 0 aromatic heterocycles. The van der Waals surface area contributed by atoms with Crippen LogP contribution in [0.3, 0.4) is 0 Å². The first-order chi connectivity index (χ1) is 10.9. The Hall–Kier alpha value is -2.22. The summed E-state index contributed by atoms with van der Waals surface area (Å²) in [6.45, 7) is 0. The van der Waals surface area contributed by atoms with Crippen molar-refractivity contribution in [2.75, 3.05) is 0 Å². The first-order valence-electron chi connectivity index (χ1n) is 6.61. The highest BCUT2D eigenvalue weighted by Crippen LogP contribution is 2.06. The number of hydrogen-bond donors (Lipinski definition) is 1. The molecule has 7 heteroatoms. The van der Waals surface area contributed by atoms with Gasteiger partial charge >= 0.3 is 0 Å². The smallest absolute Gasteiger partial charge is 0.207 e. The molecule has 0 aliphatic rings. The van der Waals surface area contributed by atoms with Crippen molar-refractivity contribution in [1.82, 2.24) is 4.13 Å². The van der Waals surface area contributed by atoms with Gasteiger partial charge in [0.25, 0.3) is 0 Å². The summed E-state index contributed by atoms with van der Waals surface area (Å²) < 4.78 is 48.9. The van der Waals surface area contributed by atoms with Crippen molar-refractivity contribution in [3.8, 4) is 0 Å². The molecule has 120 valence electrons. The van der Waals surface area contributed by atoms with Crippen LogP contribution in [0.25, 0.3) is 12.2 Å². The third-order valence-corrected chi connectivity index (χ3v) is 5.56. The molecule has 5 nitrogen and oxygen atoms in total. The average Bonchev–Trinajstić information content (AvgIpc) is 2.52. The predicted octanol–water partition coefficient (Wildman–Crippen LogP) is 2.58. The molecule has 0 spiro atoms. The second kappa shape index (κ2) is 7.36. The van der Waals surface area contributed by atoms with E-state index in [1.165, 1.54) is 12.2 Å². The van der Waals surface area contributed by atoms with Gasteiger partial charge in [0.15, 0.2) is 0 Å². The largest absolute Gasteiger partial charge is 0.246 e. The molecular formula is C16H15NO4S2. The fourth-order valence-electron chi connectivity index (χ4n) is 1.68. The van der Waals surface area contributed by atoms with Crippen LogP contribution in [0.15, 0.2) is 71.5 Å². The topological polar surface area (TPSA) is 80.3 Å². The highest BCUT2D eigenvalue weighted by molar-refractivity contribution is 8.07. The van der Waals surface area contributed by atoms with Crippen molar-refractivity contribution in [2.45, 2.75) is 0 Å². The van der Waals surface area contributed by atoms with Crippen molar-refractivity contribution in [1.29, 1.82) is 0 Å². The molecule has 0 amide bonds. The molecule has 0 fully saturated rings. The van der Waals surface area contributed by atoms with Crippen LogP contribution in [0.1, 0.15) is 11.1 Å². The summed E-state index contributed by atoms with van der Waals surface area (Å²) in [7, 11) is -8.22. The van der Waals surface area contributed by atoms with Crippen LogP contribution >= 0.6 is 0 Å². The van der Waals surface area contributed by atoms with Crippen molar-refractivity contribution in [3.63, 3.8) is 0 Å². The Kier molecular flexibility index (Phi) is 5.49. The van der Waals surface area contributed by atoms with Crippen LogP contribution in [-0.2, 0) is 20.0 Å². The van der Waals surface area contributed by atoms with E-state index in [4.69, 9.17) is 0 Å². The summed E-state index contributed by atoms with van der Waals surface area (Å²) in [4.78, 5) is 0. The molecule has 0 unspecified atom stereocenters. The second-order valence-electron chi connectivity index (χ2n) is 4.60. The van der Waals surface area contributed by atoms with Gasteiger partial charge < -0.3 is 0 Å². The van der Waals surface area contributed by atoms with Crippen LogP contribution in [0.5, 0.6) is 0 Å². The molecule has 1 N–H and O–H groups in total. The fourth-order valence-corrected chi connectivity index (χ4v) is 4.09. The van der Waals surface area contributed by atoms with Gasteiger partial charge in [0.05, 0.1) is 0 Å². The van der Waals surface area contributed by atoms with E-state index in [2.05, 4.69) is 0 Å².